The molecule has 1 unspecified atom stereocenters. The van der Waals surface area contributed by atoms with Crippen LogP contribution in [0.2, 0.25) is 0 Å². The summed E-state index contributed by atoms with van der Waals surface area (Å²) in [7, 11) is 0. The summed E-state index contributed by atoms with van der Waals surface area (Å²) < 4.78 is 5.29. The molecule has 0 fully saturated rings. The third-order valence-electron chi connectivity index (χ3n) is 3.03. The van der Waals surface area contributed by atoms with Gasteiger partial charge >= 0.3 is 5.97 Å². The summed E-state index contributed by atoms with van der Waals surface area (Å²) in [6.07, 6.45) is 4.85. The van der Waals surface area contributed by atoms with Crippen molar-refractivity contribution in [1.82, 2.24) is 5.32 Å². The van der Waals surface area contributed by atoms with E-state index in [0.29, 0.717) is 23.9 Å². The molecule has 18 heavy (non-hydrogen) atoms. The lowest BCUT2D eigenvalue weighted by Gasteiger charge is -2.12. The van der Waals surface area contributed by atoms with Gasteiger partial charge in [0.2, 0.25) is 5.76 Å². The molecule has 1 heterocycles. The Labute approximate surface area is 108 Å². The van der Waals surface area contributed by atoms with Crippen molar-refractivity contribution in [3.63, 3.8) is 0 Å². The summed E-state index contributed by atoms with van der Waals surface area (Å²) in [5, 5.41) is 12.2. The first-order valence-electron chi connectivity index (χ1n) is 6.60. The highest BCUT2D eigenvalue weighted by Gasteiger charge is 2.14. The van der Waals surface area contributed by atoms with Crippen LogP contribution in [0, 0.1) is 6.92 Å². The Morgan fingerprint density at radius 1 is 1.50 bits per heavy atom. The summed E-state index contributed by atoms with van der Waals surface area (Å²) in [5.41, 5.74) is 0.679. The van der Waals surface area contributed by atoms with Crippen molar-refractivity contribution in [3.05, 3.63) is 23.2 Å². The molecule has 102 valence electrons. The van der Waals surface area contributed by atoms with Gasteiger partial charge in [0, 0.05) is 11.6 Å². The van der Waals surface area contributed by atoms with E-state index in [9.17, 15) is 4.79 Å². The summed E-state index contributed by atoms with van der Waals surface area (Å²) in [6, 6.07) is 2.21. The van der Waals surface area contributed by atoms with E-state index in [0.717, 1.165) is 6.42 Å². The fourth-order valence-electron chi connectivity index (χ4n) is 1.92. The molecule has 0 aromatic carbocycles. The minimum atomic E-state index is -1.00. The molecule has 0 aliphatic rings. The lowest BCUT2D eigenvalue weighted by molar-refractivity contribution is 0.0659. The molecule has 0 bridgehead atoms. The number of aromatic carboxylic acids is 1. The van der Waals surface area contributed by atoms with Crippen LogP contribution in [0.4, 0.5) is 0 Å². The van der Waals surface area contributed by atoms with E-state index in [-0.39, 0.29) is 5.76 Å². The van der Waals surface area contributed by atoms with Gasteiger partial charge in [0.05, 0.1) is 6.54 Å². The smallest absolute Gasteiger partial charge is 0.372 e. The third-order valence-corrected chi connectivity index (χ3v) is 3.03. The maximum absolute atomic E-state index is 10.8. The Morgan fingerprint density at radius 3 is 2.78 bits per heavy atom. The normalized spacial score (nSPS) is 12.6. The van der Waals surface area contributed by atoms with Crippen molar-refractivity contribution in [3.8, 4) is 0 Å². The Bertz CT molecular complexity index is 384. The predicted molar refractivity (Wildman–Crippen MR) is 70.8 cm³/mol. The van der Waals surface area contributed by atoms with E-state index in [1.165, 1.54) is 19.3 Å². The fourth-order valence-corrected chi connectivity index (χ4v) is 1.92. The number of hydrogen-bond acceptors (Lipinski definition) is 3. The molecule has 1 aromatic heterocycles. The number of carboxylic acid groups (broad SMARTS) is 1. The maximum Gasteiger partial charge on any atom is 0.372 e. The molecule has 0 spiro atoms. The zero-order chi connectivity index (χ0) is 13.5. The van der Waals surface area contributed by atoms with Gasteiger partial charge in [0.25, 0.3) is 0 Å². The van der Waals surface area contributed by atoms with Gasteiger partial charge in [-0.2, -0.15) is 0 Å². The van der Waals surface area contributed by atoms with Gasteiger partial charge in [0.15, 0.2) is 0 Å². The molecule has 0 aliphatic carbocycles. The Hall–Kier alpha value is -1.29. The lowest BCUT2D eigenvalue weighted by atomic mass is 10.1. The summed E-state index contributed by atoms with van der Waals surface area (Å²) >= 11 is 0. The van der Waals surface area contributed by atoms with Gasteiger partial charge in [-0.15, -0.1) is 0 Å². The first-order valence-corrected chi connectivity index (χ1v) is 6.60. The molecule has 0 saturated carbocycles. The molecule has 1 atom stereocenters. The van der Waals surface area contributed by atoms with E-state index >= 15 is 0 Å². The number of aryl methyl sites for hydroxylation is 1. The van der Waals surface area contributed by atoms with Crippen molar-refractivity contribution >= 4 is 5.97 Å². The van der Waals surface area contributed by atoms with Crippen LogP contribution in [0.3, 0.4) is 0 Å². The van der Waals surface area contributed by atoms with Gasteiger partial charge in [-0.25, -0.2) is 4.79 Å². The molecule has 1 rings (SSSR count). The number of furan rings is 1. The largest absolute Gasteiger partial charge is 0.475 e. The average molecular weight is 253 g/mol. The zero-order valence-electron chi connectivity index (χ0n) is 11.5. The van der Waals surface area contributed by atoms with Crippen LogP contribution in [0.25, 0.3) is 0 Å². The third kappa shape index (κ3) is 4.53. The molecule has 0 amide bonds. The van der Waals surface area contributed by atoms with Crippen LogP contribution in [-0.2, 0) is 6.54 Å². The van der Waals surface area contributed by atoms with Gasteiger partial charge in [-0.3, -0.25) is 0 Å². The van der Waals surface area contributed by atoms with Crippen molar-refractivity contribution in [1.29, 1.82) is 0 Å². The summed E-state index contributed by atoms with van der Waals surface area (Å²) in [6.45, 7) is 6.67. The molecule has 0 radical (unpaired) electrons. The number of hydrogen-bond donors (Lipinski definition) is 2. The fraction of sp³-hybridized carbons (Fsp3) is 0.643. The monoisotopic (exact) mass is 253 g/mol. The van der Waals surface area contributed by atoms with E-state index in [4.69, 9.17) is 9.52 Å². The van der Waals surface area contributed by atoms with Gasteiger partial charge in [-0.1, -0.05) is 26.2 Å². The van der Waals surface area contributed by atoms with Crippen LogP contribution in [0.1, 0.15) is 61.4 Å². The minimum Gasteiger partial charge on any atom is -0.475 e. The maximum atomic E-state index is 10.8. The van der Waals surface area contributed by atoms with E-state index in [1.54, 1.807) is 13.0 Å². The minimum absolute atomic E-state index is 0.0467. The molecule has 1 aromatic rings. The van der Waals surface area contributed by atoms with Crippen molar-refractivity contribution in [2.24, 2.45) is 0 Å². The highest BCUT2D eigenvalue weighted by atomic mass is 16.4. The van der Waals surface area contributed by atoms with Crippen LogP contribution in [0.5, 0.6) is 0 Å². The Morgan fingerprint density at radius 2 is 2.22 bits per heavy atom. The topological polar surface area (TPSA) is 62.5 Å². The second-order valence-corrected chi connectivity index (χ2v) is 4.81. The highest BCUT2D eigenvalue weighted by Crippen LogP contribution is 2.14. The van der Waals surface area contributed by atoms with E-state index in [1.807, 2.05) is 0 Å². The zero-order valence-corrected chi connectivity index (χ0v) is 11.5. The molecule has 4 heteroatoms. The average Bonchev–Trinajstić information content (AvgIpc) is 2.68. The molecule has 0 saturated heterocycles. The molecular formula is C14H23NO3. The van der Waals surface area contributed by atoms with Crippen LogP contribution in [-0.4, -0.2) is 17.1 Å². The summed E-state index contributed by atoms with van der Waals surface area (Å²) in [5.74, 6) is -0.271. The number of carboxylic acids is 1. The van der Waals surface area contributed by atoms with Gasteiger partial charge in [0.1, 0.15) is 5.76 Å². The Balaban J connectivity index is 2.39. The van der Waals surface area contributed by atoms with Gasteiger partial charge < -0.3 is 14.8 Å². The van der Waals surface area contributed by atoms with Crippen LogP contribution < -0.4 is 5.32 Å². The van der Waals surface area contributed by atoms with Crippen molar-refractivity contribution in [2.45, 2.75) is 59.0 Å². The van der Waals surface area contributed by atoms with E-state index in [2.05, 4.69) is 19.2 Å². The highest BCUT2D eigenvalue weighted by molar-refractivity contribution is 5.86. The second-order valence-electron chi connectivity index (χ2n) is 4.81. The number of carbonyl (C=O) groups is 1. The molecule has 0 aliphatic heterocycles. The van der Waals surface area contributed by atoms with Crippen molar-refractivity contribution in [2.75, 3.05) is 0 Å². The number of unbranched alkanes of at least 4 members (excludes halogenated alkanes) is 2. The number of nitrogens with one attached hydrogen (secondary N) is 1. The number of rotatable bonds is 8. The first kappa shape index (κ1) is 14.8. The SMILES string of the molecule is CCCCCC(C)NCc1cc(C)c(C(=O)O)o1. The quantitative estimate of drug-likeness (QED) is 0.697. The predicted octanol–water partition coefficient (Wildman–Crippen LogP) is 3.34. The molecule has 2 N–H and O–H groups in total. The van der Waals surface area contributed by atoms with E-state index < -0.39 is 5.97 Å². The standard InChI is InChI=1S/C14H23NO3/c1-4-5-6-7-11(3)15-9-12-8-10(2)13(18-12)14(16)17/h8,11,15H,4-7,9H2,1-3H3,(H,16,17). The van der Waals surface area contributed by atoms with Crippen molar-refractivity contribution < 1.29 is 14.3 Å². The van der Waals surface area contributed by atoms with Crippen LogP contribution >= 0.6 is 0 Å². The van der Waals surface area contributed by atoms with Gasteiger partial charge in [-0.05, 0) is 26.3 Å². The van der Waals surface area contributed by atoms with Crippen LogP contribution in [0.15, 0.2) is 10.5 Å². The Kier molecular flexibility index (Phi) is 5.92. The second kappa shape index (κ2) is 7.21. The lowest BCUT2D eigenvalue weighted by Crippen LogP contribution is -2.25. The molecule has 4 nitrogen and oxygen atoms in total. The summed E-state index contributed by atoms with van der Waals surface area (Å²) in [4.78, 5) is 10.8. The molecular weight excluding hydrogens is 230 g/mol. The first-order chi connectivity index (χ1) is 8.54.